The number of aromatic nitrogens is 4. The van der Waals surface area contributed by atoms with Crippen LogP contribution in [0.2, 0.25) is 0 Å². The van der Waals surface area contributed by atoms with E-state index in [4.69, 9.17) is 14.4 Å². The van der Waals surface area contributed by atoms with Crippen molar-refractivity contribution in [2.24, 2.45) is 0 Å². The number of fused-ring (bicyclic) bond motifs is 9. The van der Waals surface area contributed by atoms with Crippen LogP contribution >= 0.6 is 0 Å². The highest BCUT2D eigenvalue weighted by atomic mass is 16.3. The first-order chi connectivity index (χ1) is 28.2. The Bertz CT molecular complexity index is 3460. The van der Waals surface area contributed by atoms with E-state index in [-0.39, 0.29) is 0 Å². The molecule has 5 heteroatoms. The standard InChI is InChI=1S/C52H32N4O/c1-3-13-33(14-4-1)44-32-45(34-15-5-2-6-16-34)54-52(53-44)56-47-21-11-8-18-39(47)42-30-36(24-27-49(42)56)35-23-26-48-41(29-35)38-17-7-10-20-46(38)55(48)37-25-28-51-43(31-37)40-19-9-12-22-50(40)57-51/h1-32H. The maximum atomic E-state index is 6.18. The highest BCUT2D eigenvalue weighted by Gasteiger charge is 2.19. The number of para-hydroxylation sites is 3. The Morgan fingerprint density at radius 2 is 0.807 bits per heavy atom. The molecule has 12 rings (SSSR count). The molecule has 0 spiro atoms. The molecule has 0 aliphatic heterocycles. The minimum atomic E-state index is 0.644. The summed E-state index contributed by atoms with van der Waals surface area (Å²) in [5.74, 6) is 0.644. The van der Waals surface area contributed by atoms with Gasteiger partial charge in [-0.1, -0.05) is 127 Å². The molecule has 0 saturated heterocycles. The number of rotatable bonds is 5. The van der Waals surface area contributed by atoms with E-state index in [1.165, 1.54) is 16.3 Å². The van der Waals surface area contributed by atoms with Gasteiger partial charge in [-0.3, -0.25) is 4.57 Å². The van der Waals surface area contributed by atoms with Crippen molar-refractivity contribution >= 4 is 65.6 Å². The van der Waals surface area contributed by atoms with Gasteiger partial charge in [0.25, 0.3) is 0 Å². The Kier molecular flexibility index (Phi) is 6.86. The largest absolute Gasteiger partial charge is 0.456 e. The summed E-state index contributed by atoms with van der Waals surface area (Å²) in [7, 11) is 0. The molecule has 0 fully saturated rings. The van der Waals surface area contributed by atoms with Gasteiger partial charge < -0.3 is 8.98 Å². The summed E-state index contributed by atoms with van der Waals surface area (Å²) < 4.78 is 10.8. The average Bonchev–Trinajstić information content (AvgIpc) is 3.94. The topological polar surface area (TPSA) is 48.8 Å². The minimum Gasteiger partial charge on any atom is -0.456 e. The highest BCUT2D eigenvalue weighted by molar-refractivity contribution is 6.13. The number of furan rings is 1. The normalized spacial score (nSPS) is 11.9. The van der Waals surface area contributed by atoms with Gasteiger partial charge in [-0.05, 0) is 77.9 Å². The van der Waals surface area contributed by atoms with Crippen molar-refractivity contribution in [2.45, 2.75) is 0 Å². The summed E-state index contributed by atoms with van der Waals surface area (Å²) >= 11 is 0. The third-order valence-electron chi connectivity index (χ3n) is 11.4. The van der Waals surface area contributed by atoms with Crippen molar-refractivity contribution in [3.8, 4) is 45.3 Å². The van der Waals surface area contributed by atoms with E-state index in [9.17, 15) is 0 Å². The van der Waals surface area contributed by atoms with E-state index in [0.717, 1.165) is 88.6 Å². The van der Waals surface area contributed by atoms with E-state index in [2.05, 4.69) is 179 Å². The van der Waals surface area contributed by atoms with Crippen molar-refractivity contribution in [3.05, 3.63) is 194 Å². The molecule has 5 nitrogen and oxygen atoms in total. The summed E-state index contributed by atoms with van der Waals surface area (Å²) in [6.07, 6.45) is 0. The molecule has 12 aromatic rings. The SMILES string of the molecule is c1ccc(-c2cc(-c3ccccc3)nc(-n3c4ccccc4c4cc(-c5ccc6c(c5)c5ccccc5n6-c5ccc6oc7ccccc7c6c5)ccc43)n2)cc1. The fourth-order valence-electron chi connectivity index (χ4n) is 8.70. The Morgan fingerprint density at radius 3 is 1.44 bits per heavy atom. The summed E-state index contributed by atoms with van der Waals surface area (Å²) in [5.41, 5.74) is 13.5. The van der Waals surface area contributed by atoms with Crippen molar-refractivity contribution < 1.29 is 4.42 Å². The van der Waals surface area contributed by atoms with Gasteiger partial charge >= 0.3 is 0 Å². The second-order valence-electron chi connectivity index (χ2n) is 14.6. The molecule has 0 aliphatic carbocycles. The molecule has 57 heavy (non-hydrogen) atoms. The van der Waals surface area contributed by atoms with Gasteiger partial charge in [-0.15, -0.1) is 0 Å². The zero-order chi connectivity index (χ0) is 37.5. The number of nitrogens with zero attached hydrogens (tertiary/aromatic N) is 4. The van der Waals surface area contributed by atoms with Crippen LogP contribution in [0.15, 0.2) is 199 Å². The fourth-order valence-corrected chi connectivity index (χ4v) is 8.70. The molecule has 8 aromatic carbocycles. The zero-order valence-electron chi connectivity index (χ0n) is 30.7. The molecule has 0 unspecified atom stereocenters. The Morgan fingerprint density at radius 1 is 0.316 bits per heavy atom. The second kappa shape index (κ2) is 12.4. The van der Waals surface area contributed by atoms with Crippen molar-refractivity contribution in [1.82, 2.24) is 19.1 Å². The predicted octanol–water partition coefficient (Wildman–Crippen LogP) is 13.6. The second-order valence-corrected chi connectivity index (χ2v) is 14.6. The number of hydrogen-bond acceptors (Lipinski definition) is 3. The third-order valence-corrected chi connectivity index (χ3v) is 11.4. The van der Waals surface area contributed by atoms with Crippen LogP contribution in [0.5, 0.6) is 0 Å². The maximum Gasteiger partial charge on any atom is 0.235 e. The summed E-state index contributed by atoms with van der Waals surface area (Å²) in [4.78, 5) is 10.4. The summed E-state index contributed by atoms with van der Waals surface area (Å²) in [6, 6.07) is 68.5. The molecule has 0 radical (unpaired) electrons. The lowest BCUT2D eigenvalue weighted by Gasteiger charge is -2.12. The van der Waals surface area contributed by atoms with Crippen LogP contribution in [0.3, 0.4) is 0 Å². The van der Waals surface area contributed by atoms with Crippen LogP contribution in [0.25, 0.3) is 111 Å². The zero-order valence-corrected chi connectivity index (χ0v) is 30.7. The molecule has 0 aliphatic rings. The van der Waals surface area contributed by atoms with E-state index < -0.39 is 0 Å². The summed E-state index contributed by atoms with van der Waals surface area (Å²) in [6.45, 7) is 0. The lowest BCUT2D eigenvalue weighted by molar-refractivity contribution is 0.669. The van der Waals surface area contributed by atoms with Gasteiger partial charge in [-0.2, -0.15) is 0 Å². The van der Waals surface area contributed by atoms with E-state index in [1.54, 1.807) is 0 Å². The van der Waals surface area contributed by atoms with Gasteiger partial charge in [-0.25, -0.2) is 9.97 Å². The average molecular weight is 729 g/mol. The van der Waals surface area contributed by atoms with Gasteiger partial charge in [0.15, 0.2) is 0 Å². The highest BCUT2D eigenvalue weighted by Crippen LogP contribution is 2.39. The first-order valence-electron chi connectivity index (χ1n) is 19.2. The Hall–Kier alpha value is -7.76. The molecule has 4 heterocycles. The first kappa shape index (κ1) is 31.6. The lowest BCUT2D eigenvalue weighted by atomic mass is 10.0. The molecular weight excluding hydrogens is 697 g/mol. The van der Waals surface area contributed by atoms with Crippen LogP contribution in [-0.4, -0.2) is 19.1 Å². The van der Waals surface area contributed by atoms with Crippen LogP contribution in [0.4, 0.5) is 0 Å². The molecule has 4 aromatic heterocycles. The maximum absolute atomic E-state index is 6.18. The molecule has 0 N–H and O–H groups in total. The van der Waals surface area contributed by atoms with Gasteiger partial charge in [0.05, 0.1) is 33.5 Å². The van der Waals surface area contributed by atoms with Crippen LogP contribution in [0, 0.1) is 0 Å². The number of hydrogen-bond donors (Lipinski definition) is 0. The van der Waals surface area contributed by atoms with Crippen molar-refractivity contribution in [1.29, 1.82) is 0 Å². The molecule has 0 amide bonds. The van der Waals surface area contributed by atoms with E-state index in [1.807, 2.05) is 24.3 Å². The molecule has 0 saturated carbocycles. The van der Waals surface area contributed by atoms with E-state index >= 15 is 0 Å². The Labute approximate surface area is 327 Å². The van der Waals surface area contributed by atoms with E-state index in [0.29, 0.717) is 5.95 Å². The van der Waals surface area contributed by atoms with Gasteiger partial charge in [0.1, 0.15) is 11.2 Å². The smallest absolute Gasteiger partial charge is 0.235 e. The monoisotopic (exact) mass is 728 g/mol. The Balaban J connectivity index is 1.03. The van der Waals surface area contributed by atoms with Crippen LogP contribution < -0.4 is 0 Å². The molecule has 0 bridgehead atoms. The predicted molar refractivity (Wildman–Crippen MR) is 234 cm³/mol. The fraction of sp³-hybridized carbons (Fsp3) is 0. The van der Waals surface area contributed by atoms with Gasteiger partial charge in [0, 0.05) is 49.1 Å². The van der Waals surface area contributed by atoms with Crippen LogP contribution in [0.1, 0.15) is 0 Å². The number of benzene rings is 8. The quantitative estimate of drug-likeness (QED) is 0.177. The van der Waals surface area contributed by atoms with Gasteiger partial charge in [0.2, 0.25) is 5.95 Å². The minimum absolute atomic E-state index is 0.644. The molecule has 266 valence electrons. The summed E-state index contributed by atoms with van der Waals surface area (Å²) in [5, 5.41) is 6.98. The lowest BCUT2D eigenvalue weighted by Crippen LogP contribution is -2.03. The van der Waals surface area contributed by atoms with Crippen molar-refractivity contribution in [2.75, 3.05) is 0 Å². The third kappa shape index (κ3) is 4.96. The molecule has 0 atom stereocenters. The van der Waals surface area contributed by atoms with Crippen molar-refractivity contribution in [3.63, 3.8) is 0 Å². The van der Waals surface area contributed by atoms with Crippen LogP contribution in [-0.2, 0) is 0 Å². The first-order valence-corrected chi connectivity index (χ1v) is 19.2. The molecular formula is C52H32N4O.